The number of nitrogens with zero attached hydrogens (tertiary/aromatic N) is 1. The van der Waals surface area contributed by atoms with Gasteiger partial charge in [-0.3, -0.25) is 9.69 Å². The second-order valence-electron chi connectivity index (χ2n) is 9.58. The van der Waals surface area contributed by atoms with Crippen LogP contribution in [0.15, 0.2) is 36.9 Å². The Morgan fingerprint density at radius 1 is 1.34 bits per heavy atom. The van der Waals surface area contributed by atoms with Crippen LogP contribution < -0.4 is 15.4 Å². The van der Waals surface area contributed by atoms with Crippen LogP contribution in [0, 0.1) is 6.92 Å². The Morgan fingerprint density at radius 2 is 2.19 bits per heavy atom. The summed E-state index contributed by atoms with van der Waals surface area (Å²) < 4.78 is 6.02. The molecule has 168 valence electrons. The SMILES string of the molecule is C=Cc1cc2c(c(C3(NC(=O)c4cc(OC[C@@H]5CCN5C)ccc4C)CC3)c1)CCCN2. The molecule has 0 unspecified atom stereocenters. The molecule has 1 saturated carbocycles. The summed E-state index contributed by atoms with van der Waals surface area (Å²) in [4.78, 5) is 15.7. The molecule has 5 heteroatoms. The highest BCUT2D eigenvalue weighted by Crippen LogP contribution is 2.49. The molecule has 2 heterocycles. The summed E-state index contributed by atoms with van der Waals surface area (Å²) in [6.45, 7) is 8.74. The van der Waals surface area contributed by atoms with Gasteiger partial charge in [0.1, 0.15) is 12.4 Å². The third-order valence-corrected chi connectivity index (χ3v) is 7.38. The minimum atomic E-state index is -0.281. The number of likely N-dealkylation sites (tertiary alicyclic amines) is 1. The van der Waals surface area contributed by atoms with Crippen LogP contribution in [0.4, 0.5) is 5.69 Å². The molecular weight excluding hydrogens is 398 g/mol. The van der Waals surface area contributed by atoms with Gasteiger partial charge in [-0.2, -0.15) is 0 Å². The number of aryl methyl sites for hydroxylation is 1. The number of hydrogen-bond acceptors (Lipinski definition) is 4. The Bertz CT molecular complexity index is 1060. The maximum atomic E-state index is 13.4. The molecule has 1 saturated heterocycles. The number of hydrogen-bond donors (Lipinski definition) is 2. The third-order valence-electron chi connectivity index (χ3n) is 7.38. The van der Waals surface area contributed by atoms with Crippen molar-refractivity contribution in [1.29, 1.82) is 0 Å². The molecule has 2 fully saturated rings. The van der Waals surface area contributed by atoms with Gasteiger partial charge in [0.15, 0.2) is 0 Å². The zero-order chi connectivity index (χ0) is 22.3. The zero-order valence-electron chi connectivity index (χ0n) is 19.2. The van der Waals surface area contributed by atoms with Crippen molar-refractivity contribution in [2.75, 3.05) is 32.1 Å². The molecule has 1 amide bonds. The summed E-state index contributed by atoms with van der Waals surface area (Å²) in [5, 5.41) is 6.93. The number of rotatable bonds is 7. The van der Waals surface area contributed by atoms with E-state index in [1.807, 2.05) is 31.2 Å². The summed E-state index contributed by atoms with van der Waals surface area (Å²) in [6, 6.07) is 10.7. The third kappa shape index (κ3) is 3.90. The standard InChI is InChI=1S/C27H33N3O2/c1-4-19-14-24(22-6-5-12-28-25(22)15-19)27(10-11-27)29-26(31)23-16-21(8-7-18(23)2)32-17-20-9-13-30(20)3/h4,7-8,14-16,20,28H,1,5-6,9-13,17H2,2-3H3,(H,29,31)/t20-/m0/s1. The summed E-state index contributed by atoms with van der Waals surface area (Å²) in [6.07, 6.45) is 7.16. The monoisotopic (exact) mass is 431 g/mol. The fourth-order valence-corrected chi connectivity index (χ4v) is 4.93. The minimum Gasteiger partial charge on any atom is -0.492 e. The van der Waals surface area contributed by atoms with E-state index < -0.39 is 0 Å². The van der Waals surface area contributed by atoms with Crippen LogP contribution in [0.25, 0.3) is 6.08 Å². The normalized spacial score (nSPS) is 21.0. The molecule has 2 aromatic rings. The van der Waals surface area contributed by atoms with Crippen molar-refractivity contribution in [1.82, 2.24) is 10.2 Å². The van der Waals surface area contributed by atoms with E-state index in [9.17, 15) is 4.79 Å². The number of carbonyl (C=O) groups is 1. The van der Waals surface area contributed by atoms with Crippen molar-refractivity contribution in [2.24, 2.45) is 0 Å². The lowest BCUT2D eigenvalue weighted by molar-refractivity contribution is 0.0767. The fraction of sp³-hybridized carbons (Fsp3) is 0.444. The van der Waals surface area contributed by atoms with Crippen LogP contribution in [-0.4, -0.2) is 43.6 Å². The highest BCUT2D eigenvalue weighted by atomic mass is 16.5. The van der Waals surface area contributed by atoms with Crippen LogP contribution in [0.5, 0.6) is 5.75 Å². The minimum absolute atomic E-state index is 0.0206. The maximum Gasteiger partial charge on any atom is 0.252 e. The van der Waals surface area contributed by atoms with E-state index >= 15 is 0 Å². The average Bonchev–Trinajstić information content (AvgIpc) is 3.58. The second kappa shape index (κ2) is 8.28. The lowest BCUT2D eigenvalue weighted by Crippen LogP contribution is -2.48. The molecule has 0 bridgehead atoms. The van der Waals surface area contributed by atoms with E-state index in [0.717, 1.165) is 55.6 Å². The van der Waals surface area contributed by atoms with Gasteiger partial charge in [-0.25, -0.2) is 0 Å². The number of benzene rings is 2. The molecule has 0 spiro atoms. The molecule has 2 aliphatic heterocycles. The quantitative estimate of drug-likeness (QED) is 0.678. The first-order valence-electron chi connectivity index (χ1n) is 11.8. The van der Waals surface area contributed by atoms with E-state index in [0.29, 0.717) is 18.2 Å². The average molecular weight is 432 g/mol. The van der Waals surface area contributed by atoms with Gasteiger partial charge in [0.05, 0.1) is 5.54 Å². The molecule has 32 heavy (non-hydrogen) atoms. The number of fused-ring (bicyclic) bond motifs is 1. The fourth-order valence-electron chi connectivity index (χ4n) is 4.93. The molecule has 1 atom stereocenters. The van der Waals surface area contributed by atoms with Crippen molar-refractivity contribution in [2.45, 2.75) is 50.6 Å². The molecule has 0 radical (unpaired) electrons. The van der Waals surface area contributed by atoms with E-state index in [1.54, 1.807) is 0 Å². The number of amides is 1. The molecule has 3 aliphatic rings. The topological polar surface area (TPSA) is 53.6 Å². The lowest BCUT2D eigenvalue weighted by atomic mass is 9.89. The zero-order valence-corrected chi connectivity index (χ0v) is 19.2. The van der Waals surface area contributed by atoms with Crippen LogP contribution in [0.3, 0.4) is 0 Å². The van der Waals surface area contributed by atoms with Crippen molar-refractivity contribution in [3.05, 3.63) is 64.7 Å². The number of likely N-dealkylation sites (N-methyl/N-ethyl adjacent to an activating group) is 1. The van der Waals surface area contributed by atoms with Gasteiger partial charge in [0.2, 0.25) is 0 Å². The summed E-state index contributed by atoms with van der Waals surface area (Å²) in [5.74, 6) is 0.744. The maximum absolute atomic E-state index is 13.4. The van der Waals surface area contributed by atoms with Crippen molar-refractivity contribution in [3.8, 4) is 5.75 Å². The van der Waals surface area contributed by atoms with E-state index in [2.05, 4.69) is 41.3 Å². The van der Waals surface area contributed by atoms with Gasteiger partial charge >= 0.3 is 0 Å². The van der Waals surface area contributed by atoms with Gasteiger partial charge in [-0.1, -0.05) is 18.7 Å². The van der Waals surface area contributed by atoms with Crippen LogP contribution in [-0.2, 0) is 12.0 Å². The first-order valence-corrected chi connectivity index (χ1v) is 11.8. The van der Waals surface area contributed by atoms with Crippen LogP contribution in [0.1, 0.15) is 58.3 Å². The number of ether oxygens (including phenoxy) is 1. The molecule has 5 rings (SSSR count). The summed E-state index contributed by atoms with van der Waals surface area (Å²) in [5.41, 5.74) is 6.27. The van der Waals surface area contributed by atoms with E-state index in [1.165, 1.54) is 23.2 Å². The first kappa shape index (κ1) is 21.1. The van der Waals surface area contributed by atoms with Crippen molar-refractivity contribution < 1.29 is 9.53 Å². The Hall–Kier alpha value is -2.79. The first-order chi connectivity index (χ1) is 15.5. The number of nitrogens with one attached hydrogen (secondary N) is 2. The Labute approximate surface area is 190 Å². The lowest BCUT2D eigenvalue weighted by Gasteiger charge is -2.37. The summed E-state index contributed by atoms with van der Waals surface area (Å²) >= 11 is 0. The number of carbonyl (C=O) groups excluding carboxylic acids is 1. The van der Waals surface area contributed by atoms with Crippen molar-refractivity contribution >= 4 is 17.7 Å². The number of anilines is 1. The van der Waals surface area contributed by atoms with E-state index in [-0.39, 0.29) is 11.4 Å². The van der Waals surface area contributed by atoms with Crippen LogP contribution >= 0.6 is 0 Å². The molecule has 1 aliphatic carbocycles. The predicted octanol–water partition coefficient (Wildman–Crippen LogP) is 4.50. The molecule has 2 N–H and O–H groups in total. The van der Waals surface area contributed by atoms with E-state index in [4.69, 9.17) is 4.74 Å². The van der Waals surface area contributed by atoms with Gasteiger partial charge < -0.3 is 15.4 Å². The predicted molar refractivity (Wildman–Crippen MR) is 129 cm³/mol. The van der Waals surface area contributed by atoms with Gasteiger partial charge in [-0.05, 0) is 99.1 Å². The molecule has 2 aromatic carbocycles. The Kier molecular flexibility index (Phi) is 5.46. The smallest absolute Gasteiger partial charge is 0.252 e. The molecule has 0 aromatic heterocycles. The largest absolute Gasteiger partial charge is 0.492 e. The van der Waals surface area contributed by atoms with Crippen molar-refractivity contribution in [3.63, 3.8) is 0 Å². The second-order valence-corrected chi connectivity index (χ2v) is 9.58. The highest BCUT2D eigenvalue weighted by Gasteiger charge is 2.47. The molecule has 5 nitrogen and oxygen atoms in total. The van der Waals surface area contributed by atoms with Gasteiger partial charge in [-0.15, -0.1) is 0 Å². The Balaban J connectivity index is 1.37. The molecular formula is C27H33N3O2. The summed E-state index contributed by atoms with van der Waals surface area (Å²) in [7, 11) is 2.12. The van der Waals surface area contributed by atoms with Gasteiger partial charge in [0.25, 0.3) is 5.91 Å². The highest BCUT2D eigenvalue weighted by molar-refractivity contribution is 5.97. The van der Waals surface area contributed by atoms with Crippen LogP contribution in [0.2, 0.25) is 0 Å². The van der Waals surface area contributed by atoms with Gasteiger partial charge in [0, 0.05) is 23.8 Å². The Morgan fingerprint density at radius 3 is 2.88 bits per heavy atom.